The summed E-state index contributed by atoms with van der Waals surface area (Å²) in [5, 5.41) is 3.01. The van der Waals surface area contributed by atoms with E-state index in [1.807, 2.05) is 36.9 Å². The number of hydrogen-bond acceptors (Lipinski definition) is 3. The molecule has 2 atom stereocenters. The number of hydrogen-bond donors (Lipinski definition) is 1. The summed E-state index contributed by atoms with van der Waals surface area (Å²) in [6.45, 7) is 5.70. The molecule has 2 amide bonds. The Morgan fingerprint density at radius 1 is 1.26 bits per heavy atom. The molecule has 4 rings (SSSR count). The lowest BCUT2D eigenvalue weighted by Gasteiger charge is -2.27. The number of likely N-dealkylation sites (tertiary alicyclic amines) is 1. The van der Waals surface area contributed by atoms with Crippen molar-refractivity contribution >= 4 is 11.7 Å². The molecule has 1 saturated heterocycles. The molecular formula is C18H21N3O2. The summed E-state index contributed by atoms with van der Waals surface area (Å²) in [6.07, 6.45) is 4.18. The van der Waals surface area contributed by atoms with E-state index in [1.165, 1.54) is 12.8 Å². The van der Waals surface area contributed by atoms with Gasteiger partial charge < -0.3 is 14.6 Å². The lowest BCUT2D eigenvalue weighted by atomic mass is 9.77. The highest BCUT2D eigenvalue weighted by atomic mass is 16.3. The molecule has 1 N–H and O–H groups in total. The number of benzene rings is 1. The lowest BCUT2D eigenvalue weighted by molar-refractivity contribution is 0.221. The van der Waals surface area contributed by atoms with Gasteiger partial charge in [-0.2, -0.15) is 0 Å². The van der Waals surface area contributed by atoms with Crippen LogP contribution >= 0.6 is 0 Å². The molecule has 1 aliphatic heterocycles. The topological polar surface area (TPSA) is 58.4 Å². The second-order valence-corrected chi connectivity index (χ2v) is 6.76. The molecule has 5 heteroatoms. The summed E-state index contributed by atoms with van der Waals surface area (Å²) < 4.78 is 5.49. The van der Waals surface area contributed by atoms with Crippen LogP contribution in [0.4, 0.5) is 10.5 Å². The minimum Gasteiger partial charge on any atom is -0.444 e. The van der Waals surface area contributed by atoms with Gasteiger partial charge in [-0.25, -0.2) is 9.78 Å². The fourth-order valence-electron chi connectivity index (χ4n) is 3.54. The van der Waals surface area contributed by atoms with Crippen LogP contribution in [0.5, 0.6) is 0 Å². The van der Waals surface area contributed by atoms with Gasteiger partial charge in [0.05, 0.1) is 5.69 Å². The van der Waals surface area contributed by atoms with E-state index in [4.69, 9.17) is 4.42 Å². The molecule has 2 aromatic rings. The fraction of sp³-hybridized carbons (Fsp3) is 0.444. The van der Waals surface area contributed by atoms with Gasteiger partial charge in [0.25, 0.3) is 0 Å². The smallest absolute Gasteiger partial charge is 0.321 e. The number of oxazole rings is 1. The number of carbonyl (C=O) groups excluding carboxylic acids is 1. The van der Waals surface area contributed by atoms with Gasteiger partial charge in [0.15, 0.2) is 0 Å². The van der Waals surface area contributed by atoms with Crippen LogP contribution in [0.15, 0.2) is 28.9 Å². The van der Waals surface area contributed by atoms with E-state index in [0.717, 1.165) is 47.4 Å². The first-order valence-electron chi connectivity index (χ1n) is 8.19. The molecule has 1 aliphatic carbocycles. The molecule has 0 radical (unpaired) electrons. The highest BCUT2D eigenvalue weighted by Crippen LogP contribution is 2.40. The fourth-order valence-corrected chi connectivity index (χ4v) is 3.54. The van der Waals surface area contributed by atoms with Crippen LogP contribution in [-0.2, 0) is 0 Å². The standard InChI is InChI=1S/C18H21N3O2/c1-11-3-6-15(7-16(11)17-19-12(2)10-23-17)20-18(22)21-8-13-4-5-14(13)9-21/h3,6-7,10,13-14H,4-5,8-9H2,1-2H3,(H,20,22). The number of carbonyl (C=O) groups is 1. The van der Waals surface area contributed by atoms with Gasteiger partial charge >= 0.3 is 6.03 Å². The maximum atomic E-state index is 12.4. The van der Waals surface area contributed by atoms with Gasteiger partial charge in [-0.05, 0) is 56.2 Å². The minimum absolute atomic E-state index is 0.00205. The third-order valence-electron chi connectivity index (χ3n) is 5.11. The maximum absolute atomic E-state index is 12.4. The Morgan fingerprint density at radius 2 is 2.00 bits per heavy atom. The molecule has 2 fully saturated rings. The quantitative estimate of drug-likeness (QED) is 0.917. The molecule has 0 bridgehead atoms. The van der Waals surface area contributed by atoms with Gasteiger partial charge in [-0.3, -0.25) is 0 Å². The van der Waals surface area contributed by atoms with Crippen molar-refractivity contribution in [2.24, 2.45) is 11.8 Å². The van der Waals surface area contributed by atoms with Crippen molar-refractivity contribution in [2.45, 2.75) is 26.7 Å². The van der Waals surface area contributed by atoms with E-state index in [-0.39, 0.29) is 6.03 Å². The zero-order valence-electron chi connectivity index (χ0n) is 13.5. The van der Waals surface area contributed by atoms with Crippen molar-refractivity contribution in [3.05, 3.63) is 35.7 Å². The van der Waals surface area contributed by atoms with E-state index in [0.29, 0.717) is 5.89 Å². The predicted molar refractivity (Wildman–Crippen MR) is 88.2 cm³/mol. The molecule has 1 aromatic heterocycles. The molecule has 2 aliphatic rings. The van der Waals surface area contributed by atoms with Crippen molar-refractivity contribution in [2.75, 3.05) is 18.4 Å². The van der Waals surface area contributed by atoms with E-state index in [9.17, 15) is 4.79 Å². The number of urea groups is 1. The summed E-state index contributed by atoms with van der Waals surface area (Å²) >= 11 is 0. The Hall–Kier alpha value is -2.30. The van der Waals surface area contributed by atoms with Crippen LogP contribution in [0.3, 0.4) is 0 Å². The SMILES string of the molecule is Cc1coc(-c2cc(NC(=O)N3CC4CCC4C3)ccc2C)n1. The number of aryl methyl sites for hydroxylation is 2. The van der Waals surface area contributed by atoms with Crippen LogP contribution in [0.2, 0.25) is 0 Å². The summed E-state index contributed by atoms with van der Waals surface area (Å²) in [7, 11) is 0. The Balaban J connectivity index is 1.52. The monoisotopic (exact) mass is 311 g/mol. The predicted octanol–water partition coefficient (Wildman–Crippen LogP) is 3.83. The number of aromatic nitrogens is 1. The van der Waals surface area contributed by atoms with Gasteiger partial charge in [0.1, 0.15) is 6.26 Å². The average Bonchev–Trinajstić information content (AvgIpc) is 3.05. The Bertz CT molecular complexity index is 740. The second kappa shape index (κ2) is 5.41. The minimum atomic E-state index is -0.00205. The van der Waals surface area contributed by atoms with Crippen molar-refractivity contribution < 1.29 is 9.21 Å². The number of rotatable bonds is 2. The van der Waals surface area contributed by atoms with Crippen LogP contribution in [0.25, 0.3) is 11.5 Å². The summed E-state index contributed by atoms with van der Waals surface area (Å²) in [5.41, 5.74) is 3.62. The van der Waals surface area contributed by atoms with Crippen molar-refractivity contribution in [3.63, 3.8) is 0 Å². The number of fused-ring (bicyclic) bond motifs is 1. The third-order valence-corrected chi connectivity index (χ3v) is 5.11. The molecular weight excluding hydrogens is 290 g/mol. The van der Waals surface area contributed by atoms with Crippen molar-refractivity contribution in [1.29, 1.82) is 0 Å². The number of nitrogens with zero attached hydrogens (tertiary/aromatic N) is 2. The molecule has 0 spiro atoms. The van der Waals surface area contributed by atoms with E-state index in [2.05, 4.69) is 10.3 Å². The third kappa shape index (κ3) is 2.60. The second-order valence-electron chi connectivity index (χ2n) is 6.76. The Labute approximate surface area is 135 Å². The van der Waals surface area contributed by atoms with E-state index >= 15 is 0 Å². The van der Waals surface area contributed by atoms with E-state index in [1.54, 1.807) is 6.26 Å². The van der Waals surface area contributed by atoms with Gasteiger partial charge in [0.2, 0.25) is 5.89 Å². The summed E-state index contributed by atoms with van der Waals surface area (Å²) in [4.78, 5) is 18.8. The molecule has 2 heterocycles. The maximum Gasteiger partial charge on any atom is 0.321 e. The molecule has 1 aromatic carbocycles. The van der Waals surface area contributed by atoms with Gasteiger partial charge in [-0.1, -0.05) is 6.07 Å². The van der Waals surface area contributed by atoms with Crippen LogP contribution < -0.4 is 5.32 Å². The van der Waals surface area contributed by atoms with E-state index < -0.39 is 0 Å². The lowest BCUT2D eigenvalue weighted by Crippen LogP contribution is -2.32. The first-order chi connectivity index (χ1) is 11.1. The van der Waals surface area contributed by atoms with Crippen molar-refractivity contribution in [3.8, 4) is 11.5 Å². The largest absolute Gasteiger partial charge is 0.444 e. The Morgan fingerprint density at radius 3 is 2.61 bits per heavy atom. The summed E-state index contributed by atoms with van der Waals surface area (Å²) in [6, 6.07) is 5.84. The molecule has 120 valence electrons. The first-order valence-corrected chi connectivity index (χ1v) is 8.19. The zero-order valence-corrected chi connectivity index (χ0v) is 13.5. The highest BCUT2D eigenvalue weighted by Gasteiger charge is 2.40. The Kier molecular flexibility index (Phi) is 3.36. The zero-order chi connectivity index (χ0) is 16.0. The number of anilines is 1. The van der Waals surface area contributed by atoms with Gasteiger partial charge in [0, 0.05) is 24.3 Å². The molecule has 2 unspecified atom stereocenters. The summed E-state index contributed by atoms with van der Waals surface area (Å²) in [5.74, 6) is 2.05. The van der Waals surface area contributed by atoms with Crippen LogP contribution in [-0.4, -0.2) is 29.0 Å². The highest BCUT2D eigenvalue weighted by molar-refractivity contribution is 5.90. The average molecular weight is 311 g/mol. The first kappa shape index (κ1) is 14.3. The van der Waals surface area contributed by atoms with Crippen molar-refractivity contribution in [1.82, 2.24) is 9.88 Å². The normalized spacial score (nSPS) is 22.6. The van der Waals surface area contributed by atoms with Gasteiger partial charge in [-0.15, -0.1) is 0 Å². The molecule has 23 heavy (non-hydrogen) atoms. The number of amides is 2. The van der Waals surface area contributed by atoms with Crippen LogP contribution in [0.1, 0.15) is 24.1 Å². The molecule has 5 nitrogen and oxygen atoms in total. The van der Waals surface area contributed by atoms with Crippen LogP contribution in [0, 0.1) is 25.7 Å². The molecule has 1 saturated carbocycles. The number of nitrogens with one attached hydrogen (secondary N) is 1.